The molecule has 0 spiro atoms. The number of hydrogen-bond acceptors (Lipinski definition) is 6. The minimum Gasteiger partial charge on any atom is -0.454 e. The second kappa shape index (κ2) is 5.88. The molecule has 1 aliphatic heterocycles. The molecule has 1 aromatic heterocycles. The van der Waals surface area contributed by atoms with Gasteiger partial charge in [-0.15, -0.1) is 11.3 Å². The first-order chi connectivity index (χ1) is 10.5. The summed E-state index contributed by atoms with van der Waals surface area (Å²) in [5.41, 5.74) is 0. The summed E-state index contributed by atoms with van der Waals surface area (Å²) in [6, 6.07) is 8.06. The number of sulfonamides is 1. The lowest BCUT2D eigenvalue weighted by Gasteiger charge is -2.20. The number of benzene rings is 1. The summed E-state index contributed by atoms with van der Waals surface area (Å²) in [6.45, 7) is 0.0725. The van der Waals surface area contributed by atoms with E-state index in [1.54, 1.807) is 12.1 Å². The molecule has 1 atom stereocenters. The quantitative estimate of drug-likeness (QED) is 0.898. The second-order valence-corrected chi connectivity index (χ2v) is 7.86. The summed E-state index contributed by atoms with van der Waals surface area (Å²) in [5.74, 6) is 0.938. The van der Waals surface area contributed by atoms with Crippen LogP contribution in [0.15, 0.2) is 40.6 Å². The SMILES string of the molecule is CN(CC(O)c1cccs1)S(=O)(=O)c1ccc2c(c1)OCO2. The fourth-order valence-electron chi connectivity index (χ4n) is 2.13. The third-order valence-corrected chi connectivity index (χ3v) is 6.15. The maximum atomic E-state index is 12.6. The number of aliphatic hydroxyl groups is 1. The number of likely N-dealkylation sites (N-methyl/N-ethyl adjacent to an activating group) is 1. The fourth-order valence-corrected chi connectivity index (χ4v) is 4.03. The van der Waals surface area contributed by atoms with Crippen LogP contribution in [0.1, 0.15) is 11.0 Å². The van der Waals surface area contributed by atoms with Gasteiger partial charge in [0, 0.05) is 24.5 Å². The van der Waals surface area contributed by atoms with Gasteiger partial charge in [0.15, 0.2) is 11.5 Å². The van der Waals surface area contributed by atoms with Crippen LogP contribution in [0.3, 0.4) is 0 Å². The summed E-state index contributed by atoms with van der Waals surface area (Å²) >= 11 is 1.39. The van der Waals surface area contributed by atoms with Crippen molar-refractivity contribution in [1.82, 2.24) is 4.31 Å². The van der Waals surface area contributed by atoms with Gasteiger partial charge in [0.25, 0.3) is 0 Å². The summed E-state index contributed by atoms with van der Waals surface area (Å²) in [4.78, 5) is 0.838. The van der Waals surface area contributed by atoms with Gasteiger partial charge in [-0.3, -0.25) is 0 Å². The highest BCUT2D eigenvalue weighted by Gasteiger charge is 2.26. The first-order valence-corrected chi connectivity index (χ1v) is 8.88. The van der Waals surface area contributed by atoms with Crippen molar-refractivity contribution >= 4 is 21.4 Å². The molecule has 0 amide bonds. The molecule has 0 saturated carbocycles. The summed E-state index contributed by atoms with van der Waals surface area (Å²) in [6.07, 6.45) is -0.853. The smallest absolute Gasteiger partial charge is 0.243 e. The highest BCUT2D eigenvalue weighted by atomic mass is 32.2. The van der Waals surface area contributed by atoms with E-state index >= 15 is 0 Å². The molecule has 1 aromatic carbocycles. The van der Waals surface area contributed by atoms with E-state index < -0.39 is 16.1 Å². The van der Waals surface area contributed by atoms with Crippen molar-refractivity contribution < 1.29 is 23.0 Å². The molecule has 0 radical (unpaired) electrons. The van der Waals surface area contributed by atoms with E-state index in [1.807, 2.05) is 11.4 Å². The van der Waals surface area contributed by atoms with Crippen LogP contribution in [0.5, 0.6) is 11.5 Å². The second-order valence-electron chi connectivity index (χ2n) is 4.83. The molecule has 1 unspecified atom stereocenters. The molecule has 2 aromatic rings. The Hall–Kier alpha value is -1.61. The summed E-state index contributed by atoms with van der Waals surface area (Å²) < 4.78 is 36.6. The molecule has 118 valence electrons. The third kappa shape index (κ3) is 2.82. The largest absolute Gasteiger partial charge is 0.454 e. The lowest BCUT2D eigenvalue weighted by molar-refractivity contribution is 0.158. The molecule has 1 aliphatic rings. The molecule has 3 rings (SSSR count). The van der Waals surface area contributed by atoms with Crippen molar-refractivity contribution in [3.8, 4) is 11.5 Å². The summed E-state index contributed by atoms with van der Waals surface area (Å²) in [5, 5.41) is 11.9. The van der Waals surface area contributed by atoms with Gasteiger partial charge in [-0.25, -0.2) is 8.42 Å². The number of rotatable bonds is 5. The number of thiophene rings is 1. The molecule has 22 heavy (non-hydrogen) atoms. The maximum absolute atomic E-state index is 12.6. The zero-order valence-corrected chi connectivity index (χ0v) is 13.4. The Labute approximate surface area is 132 Å². The number of hydrogen-bond donors (Lipinski definition) is 1. The van der Waals surface area contributed by atoms with Crippen molar-refractivity contribution in [1.29, 1.82) is 0 Å². The predicted molar refractivity (Wildman–Crippen MR) is 81.7 cm³/mol. The molecule has 6 nitrogen and oxygen atoms in total. The van der Waals surface area contributed by atoms with E-state index in [1.165, 1.54) is 30.5 Å². The van der Waals surface area contributed by atoms with Crippen LogP contribution >= 0.6 is 11.3 Å². The molecular formula is C14H15NO5S2. The summed E-state index contributed by atoms with van der Waals surface area (Å²) in [7, 11) is -2.26. The van der Waals surface area contributed by atoms with Crippen LogP contribution in [0.25, 0.3) is 0 Å². The maximum Gasteiger partial charge on any atom is 0.243 e. The van der Waals surface area contributed by atoms with E-state index in [-0.39, 0.29) is 18.2 Å². The normalized spacial score (nSPS) is 15.2. The number of nitrogens with zero attached hydrogens (tertiary/aromatic N) is 1. The number of aliphatic hydroxyl groups excluding tert-OH is 1. The molecule has 0 bridgehead atoms. The molecule has 1 N–H and O–H groups in total. The zero-order chi connectivity index (χ0) is 15.7. The van der Waals surface area contributed by atoms with Crippen LogP contribution in [0, 0.1) is 0 Å². The number of fused-ring (bicyclic) bond motifs is 1. The van der Waals surface area contributed by atoms with Gasteiger partial charge in [-0.2, -0.15) is 4.31 Å². The highest BCUT2D eigenvalue weighted by molar-refractivity contribution is 7.89. The lowest BCUT2D eigenvalue weighted by atomic mass is 10.3. The first-order valence-electron chi connectivity index (χ1n) is 6.56. The topological polar surface area (TPSA) is 76.1 Å². The highest BCUT2D eigenvalue weighted by Crippen LogP contribution is 2.34. The van der Waals surface area contributed by atoms with Gasteiger partial charge < -0.3 is 14.6 Å². The Morgan fingerprint density at radius 2 is 2.09 bits per heavy atom. The molecule has 8 heteroatoms. The van der Waals surface area contributed by atoms with Crippen molar-refractivity contribution in [3.63, 3.8) is 0 Å². The van der Waals surface area contributed by atoms with Gasteiger partial charge in [0.05, 0.1) is 4.90 Å². The monoisotopic (exact) mass is 341 g/mol. The van der Waals surface area contributed by atoms with Crippen molar-refractivity contribution in [2.75, 3.05) is 20.4 Å². The van der Waals surface area contributed by atoms with Crippen LogP contribution in [0.2, 0.25) is 0 Å². The van der Waals surface area contributed by atoms with Crippen LogP contribution in [0.4, 0.5) is 0 Å². The Morgan fingerprint density at radius 3 is 2.82 bits per heavy atom. The molecule has 0 fully saturated rings. The minimum atomic E-state index is -3.70. The first kappa shape index (κ1) is 15.3. The Kier molecular flexibility index (Phi) is 4.09. The molecule has 2 heterocycles. The van der Waals surface area contributed by atoms with E-state index in [0.717, 1.165) is 9.18 Å². The van der Waals surface area contributed by atoms with E-state index in [4.69, 9.17) is 9.47 Å². The van der Waals surface area contributed by atoms with Gasteiger partial charge in [0.1, 0.15) is 6.10 Å². The molecule has 0 aliphatic carbocycles. The van der Waals surface area contributed by atoms with Crippen molar-refractivity contribution in [2.24, 2.45) is 0 Å². The molecule has 0 saturated heterocycles. The van der Waals surface area contributed by atoms with Crippen LogP contribution < -0.4 is 9.47 Å². The minimum absolute atomic E-state index is 0.0166. The average Bonchev–Trinajstić information content (AvgIpc) is 3.17. The van der Waals surface area contributed by atoms with Gasteiger partial charge in [-0.05, 0) is 23.6 Å². The number of ether oxygens (including phenoxy) is 2. The van der Waals surface area contributed by atoms with Crippen molar-refractivity contribution in [2.45, 2.75) is 11.0 Å². The lowest BCUT2D eigenvalue weighted by Crippen LogP contribution is -2.31. The fraction of sp³-hybridized carbons (Fsp3) is 0.286. The van der Waals surface area contributed by atoms with E-state index in [9.17, 15) is 13.5 Å². The Balaban J connectivity index is 1.80. The standard InChI is InChI=1S/C14H15NO5S2/c1-15(8-11(16)14-3-2-6-21-14)22(17,18)10-4-5-12-13(7-10)20-9-19-12/h2-7,11,16H,8-9H2,1H3. The van der Waals surface area contributed by atoms with Crippen molar-refractivity contribution in [3.05, 3.63) is 40.6 Å². The van der Waals surface area contributed by atoms with Gasteiger partial charge >= 0.3 is 0 Å². The molecular weight excluding hydrogens is 326 g/mol. The third-order valence-electron chi connectivity index (χ3n) is 3.35. The van der Waals surface area contributed by atoms with Gasteiger partial charge in [0.2, 0.25) is 16.8 Å². The van der Waals surface area contributed by atoms with E-state index in [2.05, 4.69) is 0 Å². The Bertz CT molecular complexity index is 758. The van der Waals surface area contributed by atoms with Crippen LogP contribution in [-0.4, -0.2) is 38.2 Å². The van der Waals surface area contributed by atoms with E-state index in [0.29, 0.717) is 11.5 Å². The van der Waals surface area contributed by atoms with Crippen LogP contribution in [-0.2, 0) is 10.0 Å². The average molecular weight is 341 g/mol. The zero-order valence-electron chi connectivity index (χ0n) is 11.8. The predicted octanol–water partition coefficient (Wildman–Crippen LogP) is 1.83. The Morgan fingerprint density at radius 1 is 1.32 bits per heavy atom. The van der Waals surface area contributed by atoms with Gasteiger partial charge in [-0.1, -0.05) is 6.07 Å².